The summed E-state index contributed by atoms with van der Waals surface area (Å²) in [6, 6.07) is 0. The molecular formula is C21H44. The molecule has 0 unspecified atom stereocenters. The predicted molar refractivity (Wildman–Crippen MR) is 99.0 cm³/mol. The Hall–Kier alpha value is 0. The Balaban J connectivity index is 2.99. The molecule has 0 saturated heterocycles. The van der Waals surface area contributed by atoms with Crippen molar-refractivity contribution >= 4 is 0 Å². The summed E-state index contributed by atoms with van der Waals surface area (Å²) in [5.74, 6) is 0.965. The Bertz CT molecular complexity index is 173. The van der Waals surface area contributed by atoms with E-state index in [4.69, 9.17) is 0 Å². The smallest absolute Gasteiger partial charge is 0.0443 e. The van der Waals surface area contributed by atoms with Crippen molar-refractivity contribution in [3.8, 4) is 0 Å². The number of hydrogen-bond donors (Lipinski definition) is 0. The maximum Gasteiger partial charge on any atom is -0.0443 e. The molecule has 0 bridgehead atoms. The lowest BCUT2D eigenvalue weighted by molar-refractivity contribution is 0.450. The highest BCUT2D eigenvalue weighted by molar-refractivity contribution is 4.54. The first-order valence-electron chi connectivity index (χ1n) is 10.3. The Morgan fingerprint density at radius 2 is 0.810 bits per heavy atom. The van der Waals surface area contributed by atoms with Gasteiger partial charge in [0.1, 0.15) is 0 Å². The number of rotatable bonds is 17. The molecule has 128 valence electrons. The maximum atomic E-state index is 2.42. The molecule has 0 aromatic carbocycles. The summed E-state index contributed by atoms with van der Waals surface area (Å²) in [6.07, 6.45) is 24.8. The van der Waals surface area contributed by atoms with Gasteiger partial charge in [0, 0.05) is 0 Å². The minimum atomic E-state index is 0.965. The maximum absolute atomic E-state index is 2.42. The summed E-state index contributed by atoms with van der Waals surface area (Å²) in [7, 11) is 0. The predicted octanol–water partition coefficient (Wildman–Crippen LogP) is 8.29. The summed E-state index contributed by atoms with van der Waals surface area (Å²) in [5, 5.41) is 0. The second-order valence-electron chi connectivity index (χ2n) is 7.28. The summed E-state index contributed by atoms with van der Waals surface area (Å²) in [5.41, 5.74) is 0. The molecule has 1 atom stereocenters. The van der Waals surface area contributed by atoms with Gasteiger partial charge in [-0.3, -0.25) is 0 Å². The molecule has 0 N–H and O–H groups in total. The van der Waals surface area contributed by atoms with Crippen molar-refractivity contribution in [2.24, 2.45) is 5.92 Å². The van der Waals surface area contributed by atoms with E-state index >= 15 is 0 Å². The second-order valence-corrected chi connectivity index (χ2v) is 7.28. The van der Waals surface area contributed by atoms with Crippen molar-refractivity contribution in [1.82, 2.24) is 0 Å². The highest BCUT2D eigenvalue weighted by atomic mass is 14.1. The molecule has 0 aromatic heterocycles. The van der Waals surface area contributed by atoms with Crippen molar-refractivity contribution < 1.29 is 0 Å². The molecule has 0 aliphatic heterocycles. The van der Waals surface area contributed by atoms with E-state index in [1.807, 2.05) is 0 Å². The van der Waals surface area contributed by atoms with Crippen LogP contribution in [0, 0.1) is 5.92 Å². The first-order chi connectivity index (χ1) is 10.3. The van der Waals surface area contributed by atoms with Crippen molar-refractivity contribution in [1.29, 1.82) is 0 Å². The molecule has 0 amide bonds. The minimum Gasteiger partial charge on any atom is -0.0654 e. The van der Waals surface area contributed by atoms with Crippen LogP contribution in [0.15, 0.2) is 0 Å². The van der Waals surface area contributed by atoms with E-state index in [1.54, 1.807) is 0 Å². The molecular weight excluding hydrogens is 252 g/mol. The lowest BCUT2D eigenvalue weighted by Crippen LogP contribution is -1.93. The van der Waals surface area contributed by atoms with Gasteiger partial charge in [-0.1, -0.05) is 130 Å². The monoisotopic (exact) mass is 296 g/mol. The normalized spacial score (nSPS) is 12.7. The first-order valence-corrected chi connectivity index (χ1v) is 10.3. The van der Waals surface area contributed by atoms with Gasteiger partial charge in [0.15, 0.2) is 0 Å². The quantitative estimate of drug-likeness (QED) is 0.237. The molecule has 0 heteroatoms. The fraction of sp³-hybridized carbons (Fsp3) is 1.00. The van der Waals surface area contributed by atoms with E-state index in [9.17, 15) is 0 Å². The highest BCUT2D eigenvalue weighted by Gasteiger charge is 2.00. The first kappa shape index (κ1) is 21.0. The number of hydrogen-bond acceptors (Lipinski definition) is 0. The molecule has 0 radical (unpaired) electrons. The third-order valence-electron chi connectivity index (χ3n) is 4.83. The van der Waals surface area contributed by atoms with Crippen LogP contribution < -0.4 is 0 Å². The lowest BCUT2D eigenvalue weighted by Gasteiger charge is -2.09. The van der Waals surface area contributed by atoms with Crippen LogP contribution in [-0.2, 0) is 0 Å². The second kappa shape index (κ2) is 18.1. The molecule has 0 saturated carbocycles. The fourth-order valence-corrected chi connectivity index (χ4v) is 3.32. The van der Waals surface area contributed by atoms with Crippen molar-refractivity contribution in [2.45, 2.75) is 130 Å². The van der Waals surface area contributed by atoms with E-state index < -0.39 is 0 Å². The molecule has 0 nitrogen and oxygen atoms in total. The third kappa shape index (κ3) is 18.0. The number of unbranched alkanes of at least 4 members (excludes halogenated alkanes) is 13. The zero-order chi connectivity index (χ0) is 15.6. The summed E-state index contributed by atoms with van der Waals surface area (Å²) in [4.78, 5) is 0. The van der Waals surface area contributed by atoms with E-state index in [1.165, 1.54) is 109 Å². The van der Waals surface area contributed by atoms with Gasteiger partial charge in [0.25, 0.3) is 0 Å². The van der Waals surface area contributed by atoms with Crippen LogP contribution in [0.2, 0.25) is 0 Å². The fourth-order valence-electron chi connectivity index (χ4n) is 3.32. The summed E-state index contributed by atoms with van der Waals surface area (Å²) >= 11 is 0. The molecule has 0 aliphatic carbocycles. The Kier molecular flexibility index (Phi) is 18.1. The minimum absolute atomic E-state index is 0.965. The van der Waals surface area contributed by atoms with Gasteiger partial charge in [0.05, 0.1) is 0 Å². The van der Waals surface area contributed by atoms with Gasteiger partial charge in [-0.05, 0) is 5.92 Å². The van der Waals surface area contributed by atoms with E-state index in [-0.39, 0.29) is 0 Å². The molecule has 0 aliphatic rings. The Morgan fingerprint density at radius 1 is 0.429 bits per heavy atom. The van der Waals surface area contributed by atoms with Gasteiger partial charge < -0.3 is 0 Å². The van der Waals surface area contributed by atoms with E-state index in [0.29, 0.717) is 0 Å². The van der Waals surface area contributed by atoms with Crippen LogP contribution in [0.1, 0.15) is 130 Å². The average molecular weight is 297 g/mol. The van der Waals surface area contributed by atoms with Gasteiger partial charge in [-0.25, -0.2) is 0 Å². The molecule has 0 aromatic rings. The van der Waals surface area contributed by atoms with Crippen molar-refractivity contribution in [2.75, 3.05) is 0 Å². The van der Waals surface area contributed by atoms with E-state index in [0.717, 1.165) is 5.92 Å². The van der Waals surface area contributed by atoms with Gasteiger partial charge in [0.2, 0.25) is 0 Å². The SMILES string of the molecule is CCCCCCCCCCCCCCCC[C@H](C)CCC. The molecule has 0 fully saturated rings. The summed E-state index contributed by atoms with van der Waals surface area (Å²) in [6.45, 7) is 7.03. The van der Waals surface area contributed by atoms with Crippen molar-refractivity contribution in [3.63, 3.8) is 0 Å². The van der Waals surface area contributed by atoms with Crippen LogP contribution in [0.5, 0.6) is 0 Å². The zero-order valence-corrected chi connectivity index (χ0v) is 15.6. The Labute approximate surface area is 136 Å². The van der Waals surface area contributed by atoms with Gasteiger partial charge in [-0.15, -0.1) is 0 Å². The van der Waals surface area contributed by atoms with Crippen LogP contribution in [-0.4, -0.2) is 0 Å². The standard InChI is InChI=1S/C21H44/c1-4-6-7-8-9-10-11-12-13-14-15-16-17-18-20-21(3)19-5-2/h21H,4-20H2,1-3H3/t21-/m1/s1. The molecule has 0 rings (SSSR count). The van der Waals surface area contributed by atoms with Gasteiger partial charge >= 0.3 is 0 Å². The molecule has 0 spiro atoms. The molecule has 0 heterocycles. The third-order valence-corrected chi connectivity index (χ3v) is 4.83. The van der Waals surface area contributed by atoms with Crippen molar-refractivity contribution in [3.05, 3.63) is 0 Å². The highest BCUT2D eigenvalue weighted by Crippen LogP contribution is 2.16. The topological polar surface area (TPSA) is 0 Å². The Morgan fingerprint density at radius 3 is 1.19 bits per heavy atom. The summed E-state index contributed by atoms with van der Waals surface area (Å²) < 4.78 is 0. The van der Waals surface area contributed by atoms with Crippen LogP contribution in [0.3, 0.4) is 0 Å². The lowest BCUT2D eigenvalue weighted by atomic mass is 9.98. The van der Waals surface area contributed by atoms with Gasteiger partial charge in [-0.2, -0.15) is 0 Å². The average Bonchev–Trinajstić information content (AvgIpc) is 2.48. The van der Waals surface area contributed by atoms with Crippen LogP contribution in [0.4, 0.5) is 0 Å². The zero-order valence-electron chi connectivity index (χ0n) is 15.6. The largest absolute Gasteiger partial charge is 0.0654 e. The van der Waals surface area contributed by atoms with Crippen LogP contribution >= 0.6 is 0 Å². The molecule has 21 heavy (non-hydrogen) atoms. The van der Waals surface area contributed by atoms with E-state index in [2.05, 4.69) is 20.8 Å². The van der Waals surface area contributed by atoms with Crippen LogP contribution in [0.25, 0.3) is 0 Å².